The van der Waals surface area contributed by atoms with E-state index in [1.165, 1.54) is 41.6 Å². The maximum atomic E-state index is 4.13. The molecule has 3 heteroatoms. The van der Waals surface area contributed by atoms with Gasteiger partial charge in [-0.15, -0.1) is 6.58 Å². The monoisotopic (exact) mass is 431 g/mol. The standard InChI is InChI=1S/C29H41N3/c1-8-11-12-15-24-16-13-17-25(22-24)27-18-14-19-28(29(27)31(6)7)32(10-3)26(9-2)21-20-23(4)30-5/h9-10,13-14,16-19,22,26,30H,2-4,8,11-12,15,20-21H2,1,5-7H3. The third kappa shape index (κ3) is 6.53. The van der Waals surface area contributed by atoms with Gasteiger partial charge >= 0.3 is 0 Å². The number of para-hydroxylation sites is 1. The van der Waals surface area contributed by atoms with Gasteiger partial charge in [-0.2, -0.15) is 0 Å². The molecule has 0 aromatic heterocycles. The molecule has 0 bridgehead atoms. The maximum absolute atomic E-state index is 4.13. The summed E-state index contributed by atoms with van der Waals surface area (Å²) in [6.45, 7) is 14.6. The first-order valence-electron chi connectivity index (χ1n) is 11.7. The van der Waals surface area contributed by atoms with Crippen LogP contribution >= 0.6 is 0 Å². The zero-order chi connectivity index (χ0) is 23.5. The van der Waals surface area contributed by atoms with E-state index in [2.05, 4.69) is 98.3 Å². The molecule has 3 nitrogen and oxygen atoms in total. The minimum absolute atomic E-state index is 0.131. The fourth-order valence-corrected chi connectivity index (χ4v) is 4.15. The molecule has 0 amide bonds. The molecule has 0 heterocycles. The van der Waals surface area contributed by atoms with E-state index in [0.29, 0.717) is 0 Å². The number of hydrogen-bond acceptors (Lipinski definition) is 3. The van der Waals surface area contributed by atoms with E-state index in [4.69, 9.17) is 0 Å². The molecule has 0 aliphatic rings. The van der Waals surface area contributed by atoms with Crippen LogP contribution in [0.5, 0.6) is 0 Å². The Balaban J connectivity index is 2.46. The predicted molar refractivity (Wildman–Crippen MR) is 144 cm³/mol. The lowest BCUT2D eigenvalue weighted by Crippen LogP contribution is -2.30. The van der Waals surface area contributed by atoms with Crippen molar-refractivity contribution in [2.24, 2.45) is 0 Å². The molecule has 0 saturated carbocycles. The molecule has 32 heavy (non-hydrogen) atoms. The molecular formula is C29H41N3. The molecule has 0 fully saturated rings. The van der Waals surface area contributed by atoms with Crippen molar-refractivity contribution in [3.05, 3.63) is 85.7 Å². The lowest BCUT2D eigenvalue weighted by Gasteiger charge is -2.33. The quantitative estimate of drug-likeness (QED) is 0.253. The average Bonchev–Trinajstić information content (AvgIpc) is 2.81. The molecule has 0 aliphatic carbocycles. The van der Waals surface area contributed by atoms with E-state index in [0.717, 1.165) is 30.6 Å². The van der Waals surface area contributed by atoms with Gasteiger partial charge in [0, 0.05) is 32.4 Å². The van der Waals surface area contributed by atoms with Gasteiger partial charge in [-0.3, -0.25) is 0 Å². The minimum atomic E-state index is 0.131. The van der Waals surface area contributed by atoms with Gasteiger partial charge in [0.25, 0.3) is 0 Å². The number of nitrogens with one attached hydrogen (secondary N) is 1. The molecule has 0 aliphatic heterocycles. The van der Waals surface area contributed by atoms with Gasteiger partial charge < -0.3 is 15.1 Å². The van der Waals surface area contributed by atoms with Crippen LogP contribution in [0.2, 0.25) is 0 Å². The SMILES string of the molecule is C=CC(CCC(=C)NC)N(C=C)c1cccc(-c2cccc(CCCCC)c2)c1N(C)C. The summed E-state index contributed by atoms with van der Waals surface area (Å²) in [4.78, 5) is 4.44. The smallest absolute Gasteiger partial charge is 0.0682 e. The summed E-state index contributed by atoms with van der Waals surface area (Å²) < 4.78 is 0. The largest absolute Gasteiger partial charge is 0.392 e. The highest BCUT2D eigenvalue weighted by atomic mass is 15.2. The summed E-state index contributed by atoms with van der Waals surface area (Å²) in [6, 6.07) is 15.7. The Hall–Kier alpha value is -2.94. The molecule has 0 spiro atoms. The van der Waals surface area contributed by atoms with Crippen molar-refractivity contribution in [2.45, 2.75) is 51.5 Å². The summed E-state index contributed by atoms with van der Waals surface area (Å²) >= 11 is 0. The number of rotatable bonds is 14. The minimum Gasteiger partial charge on any atom is -0.392 e. The van der Waals surface area contributed by atoms with Gasteiger partial charge in [0.1, 0.15) is 0 Å². The van der Waals surface area contributed by atoms with Gasteiger partial charge in [-0.1, -0.05) is 75.4 Å². The molecule has 0 radical (unpaired) electrons. The van der Waals surface area contributed by atoms with Crippen LogP contribution < -0.4 is 15.1 Å². The number of allylic oxidation sites excluding steroid dienone is 1. The van der Waals surface area contributed by atoms with Crippen LogP contribution in [0.25, 0.3) is 11.1 Å². The summed E-state index contributed by atoms with van der Waals surface area (Å²) in [7, 11) is 6.14. The number of benzene rings is 2. The van der Waals surface area contributed by atoms with Crippen molar-refractivity contribution in [3.8, 4) is 11.1 Å². The highest BCUT2D eigenvalue weighted by Crippen LogP contribution is 2.40. The average molecular weight is 432 g/mol. The highest BCUT2D eigenvalue weighted by molar-refractivity contribution is 5.89. The van der Waals surface area contributed by atoms with Crippen LogP contribution in [0.1, 0.15) is 44.6 Å². The lowest BCUT2D eigenvalue weighted by molar-refractivity contribution is 0.673. The first-order valence-corrected chi connectivity index (χ1v) is 11.7. The number of hydrogen-bond donors (Lipinski definition) is 1. The van der Waals surface area contributed by atoms with Crippen molar-refractivity contribution in [1.82, 2.24) is 5.32 Å². The van der Waals surface area contributed by atoms with Gasteiger partial charge in [0.15, 0.2) is 0 Å². The molecule has 1 N–H and O–H groups in total. The summed E-state index contributed by atoms with van der Waals surface area (Å²) in [5.74, 6) is 0. The molecule has 1 unspecified atom stereocenters. The normalized spacial score (nSPS) is 11.5. The molecule has 2 aromatic carbocycles. The second-order valence-corrected chi connectivity index (χ2v) is 8.51. The number of anilines is 2. The Labute approximate surface area is 196 Å². The predicted octanol–water partition coefficient (Wildman–Crippen LogP) is 7.17. The summed E-state index contributed by atoms with van der Waals surface area (Å²) in [5.41, 5.74) is 7.26. The Kier molecular flexibility index (Phi) is 10.1. The van der Waals surface area contributed by atoms with E-state index in [-0.39, 0.29) is 6.04 Å². The number of unbranched alkanes of at least 4 members (excludes halogenated alkanes) is 2. The van der Waals surface area contributed by atoms with E-state index in [1.807, 2.05) is 19.3 Å². The molecule has 2 rings (SSSR count). The number of aryl methyl sites for hydroxylation is 1. The lowest BCUT2D eigenvalue weighted by atomic mass is 9.97. The van der Waals surface area contributed by atoms with E-state index in [9.17, 15) is 0 Å². The molecule has 2 aromatic rings. The Morgan fingerprint density at radius 3 is 2.47 bits per heavy atom. The number of nitrogens with zero attached hydrogens (tertiary/aromatic N) is 2. The maximum Gasteiger partial charge on any atom is 0.0682 e. The van der Waals surface area contributed by atoms with Gasteiger partial charge in [0.2, 0.25) is 0 Å². The molecule has 172 valence electrons. The zero-order valence-electron chi connectivity index (χ0n) is 20.5. The van der Waals surface area contributed by atoms with Crippen LogP contribution in [-0.2, 0) is 6.42 Å². The van der Waals surface area contributed by atoms with Crippen molar-refractivity contribution in [3.63, 3.8) is 0 Å². The van der Waals surface area contributed by atoms with E-state index in [1.54, 1.807) is 0 Å². The Bertz CT molecular complexity index is 897. The Morgan fingerprint density at radius 1 is 1.09 bits per heavy atom. The van der Waals surface area contributed by atoms with Gasteiger partial charge in [-0.25, -0.2) is 0 Å². The molecular weight excluding hydrogens is 390 g/mol. The van der Waals surface area contributed by atoms with Crippen LogP contribution in [0, 0.1) is 0 Å². The Morgan fingerprint density at radius 2 is 1.84 bits per heavy atom. The topological polar surface area (TPSA) is 18.5 Å². The van der Waals surface area contributed by atoms with Crippen molar-refractivity contribution < 1.29 is 0 Å². The van der Waals surface area contributed by atoms with Gasteiger partial charge in [0.05, 0.1) is 17.4 Å². The first kappa shape index (κ1) is 25.3. The summed E-state index contributed by atoms with van der Waals surface area (Å²) in [6.07, 6.45) is 10.6. The fraction of sp³-hybridized carbons (Fsp3) is 0.379. The van der Waals surface area contributed by atoms with Crippen LogP contribution in [0.15, 0.2) is 80.2 Å². The summed E-state index contributed by atoms with van der Waals surface area (Å²) in [5, 5.41) is 3.14. The highest BCUT2D eigenvalue weighted by Gasteiger charge is 2.20. The van der Waals surface area contributed by atoms with E-state index < -0.39 is 0 Å². The molecule has 0 saturated heterocycles. The zero-order valence-corrected chi connectivity index (χ0v) is 20.5. The van der Waals surface area contributed by atoms with Crippen molar-refractivity contribution in [2.75, 3.05) is 30.9 Å². The van der Waals surface area contributed by atoms with E-state index >= 15 is 0 Å². The van der Waals surface area contributed by atoms with Gasteiger partial charge in [-0.05, 0) is 49.1 Å². The second-order valence-electron chi connectivity index (χ2n) is 8.51. The van der Waals surface area contributed by atoms with Crippen LogP contribution in [0.3, 0.4) is 0 Å². The first-order chi connectivity index (χ1) is 15.5. The second kappa shape index (κ2) is 12.8. The molecule has 1 atom stereocenters. The van der Waals surface area contributed by atoms with Crippen LogP contribution in [-0.4, -0.2) is 27.2 Å². The van der Waals surface area contributed by atoms with Crippen molar-refractivity contribution in [1.29, 1.82) is 0 Å². The third-order valence-electron chi connectivity index (χ3n) is 5.97. The fourth-order valence-electron chi connectivity index (χ4n) is 4.15. The third-order valence-corrected chi connectivity index (χ3v) is 5.97. The van der Waals surface area contributed by atoms with Crippen molar-refractivity contribution >= 4 is 11.4 Å². The van der Waals surface area contributed by atoms with Crippen LogP contribution in [0.4, 0.5) is 11.4 Å².